The molecule has 0 fully saturated rings. The van der Waals surface area contributed by atoms with Crippen molar-refractivity contribution >= 4 is 33.2 Å². The van der Waals surface area contributed by atoms with Gasteiger partial charge in [-0.1, -0.05) is 44.2 Å². The van der Waals surface area contributed by atoms with Crippen LogP contribution in [-0.4, -0.2) is 49.2 Å². The van der Waals surface area contributed by atoms with Gasteiger partial charge in [-0.2, -0.15) is 0 Å². The number of anilines is 1. The Labute approximate surface area is 232 Å². The molecule has 3 aromatic rings. The van der Waals surface area contributed by atoms with E-state index in [4.69, 9.17) is 0 Å². The van der Waals surface area contributed by atoms with E-state index in [1.807, 2.05) is 13.8 Å². The molecule has 0 aliphatic carbocycles. The van der Waals surface area contributed by atoms with Gasteiger partial charge in [-0.25, -0.2) is 12.8 Å². The van der Waals surface area contributed by atoms with E-state index in [2.05, 4.69) is 5.32 Å². The first-order valence-electron chi connectivity index (χ1n) is 12.5. The number of rotatable bonds is 12. The Bertz CT molecular complexity index is 1430. The predicted octanol–water partition coefficient (Wildman–Crippen LogP) is 4.12. The average molecular weight is 571 g/mol. The van der Waals surface area contributed by atoms with Crippen LogP contribution in [0.2, 0.25) is 0 Å². The Morgan fingerprint density at radius 2 is 1.55 bits per heavy atom. The molecule has 1 atom stereocenters. The topological polar surface area (TPSA) is 130 Å². The SMILES string of the molecule is CC(C)CNC(=O)C(C)N(Cc1ccc(F)cc1)C(=O)CN(c1ccc([N+](=O)[O-])cc1)S(=O)(=O)c1ccccc1. The number of hydrogen-bond donors (Lipinski definition) is 1. The number of carbonyl (C=O) groups is 2. The van der Waals surface area contributed by atoms with Crippen molar-refractivity contribution in [3.63, 3.8) is 0 Å². The van der Waals surface area contributed by atoms with Crippen molar-refractivity contribution in [1.29, 1.82) is 0 Å². The molecule has 0 spiro atoms. The van der Waals surface area contributed by atoms with Gasteiger partial charge in [-0.3, -0.25) is 24.0 Å². The molecule has 0 bridgehead atoms. The van der Waals surface area contributed by atoms with Gasteiger partial charge in [-0.05, 0) is 54.8 Å². The second kappa shape index (κ2) is 13.2. The Hall–Kier alpha value is -4.32. The highest BCUT2D eigenvalue weighted by Crippen LogP contribution is 2.26. The first kappa shape index (κ1) is 30.2. The number of hydrogen-bond acceptors (Lipinski definition) is 6. The Balaban J connectivity index is 2.01. The predicted molar refractivity (Wildman–Crippen MR) is 148 cm³/mol. The molecule has 0 saturated carbocycles. The second-order valence-corrected chi connectivity index (χ2v) is 11.4. The van der Waals surface area contributed by atoms with E-state index in [9.17, 15) is 32.5 Å². The molecule has 10 nitrogen and oxygen atoms in total. The second-order valence-electron chi connectivity index (χ2n) is 9.56. The summed E-state index contributed by atoms with van der Waals surface area (Å²) in [5, 5.41) is 13.9. The maximum atomic E-state index is 13.8. The molecule has 40 heavy (non-hydrogen) atoms. The van der Waals surface area contributed by atoms with Gasteiger partial charge in [0.1, 0.15) is 18.4 Å². The fraction of sp³-hybridized carbons (Fsp3) is 0.286. The first-order chi connectivity index (χ1) is 18.9. The zero-order valence-electron chi connectivity index (χ0n) is 22.4. The highest BCUT2D eigenvalue weighted by Gasteiger charge is 2.32. The van der Waals surface area contributed by atoms with Crippen molar-refractivity contribution in [2.24, 2.45) is 5.92 Å². The minimum Gasteiger partial charge on any atom is -0.354 e. The summed E-state index contributed by atoms with van der Waals surface area (Å²) in [6, 6.07) is 16.6. The van der Waals surface area contributed by atoms with Gasteiger partial charge in [-0.15, -0.1) is 0 Å². The van der Waals surface area contributed by atoms with Crippen molar-refractivity contribution < 1.29 is 27.3 Å². The monoisotopic (exact) mass is 570 g/mol. The Morgan fingerprint density at radius 3 is 2.10 bits per heavy atom. The minimum atomic E-state index is -4.30. The van der Waals surface area contributed by atoms with Gasteiger partial charge in [0, 0.05) is 25.2 Å². The highest BCUT2D eigenvalue weighted by molar-refractivity contribution is 7.92. The van der Waals surface area contributed by atoms with Crippen molar-refractivity contribution in [2.75, 3.05) is 17.4 Å². The van der Waals surface area contributed by atoms with Gasteiger partial charge in [0.2, 0.25) is 11.8 Å². The molecule has 0 saturated heterocycles. The number of nitrogens with one attached hydrogen (secondary N) is 1. The maximum Gasteiger partial charge on any atom is 0.269 e. The number of nitrogens with zero attached hydrogens (tertiary/aromatic N) is 3. The number of amides is 2. The summed E-state index contributed by atoms with van der Waals surface area (Å²) in [7, 11) is -4.30. The van der Waals surface area contributed by atoms with E-state index < -0.39 is 45.2 Å². The third-order valence-electron chi connectivity index (χ3n) is 6.08. The van der Waals surface area contributed by atoms with Crippen LogP contribution in [0.4, 0.5) is 15.8 Å². The molecule has 0 aliphatic rings. The molecule has 0 aromatic heterocycles. The van der Waals surface area contributed by atoms with Crippen LogP contribution in [0.3, 0.4) is 0 Å². The summed E-state index contributed by atoms with van der Waals surface area (Å²) >= 11 is 0. The van der Waals surface area contributed by atoms with Gasteiger partial charge < -0.3 is 10.2 Å². The normalized spacial score (nSPS) is 12.0. The number of carbonyl (C=O) groups excluding carboxylic acids is 2. The molecule has 3 aromatic carbocycles. The smallest absolute Gasteiger partial charge is 0.269 e. The quantitative estimate of drug-likeness (QED) is 0.258. The summed E-state index contributed by atoms with van der Waals surface area (Å²) < 4.78 is 41.7. The van der Waals surface area contributed by atoms with Gasteiger partial charge in [0.25, 0.3) is 15.7 Å². The van der Waals surface area contributed by atoms with Crippen LogP contribution in [0, 0.1) is 21.8 Å². The lowest BCUT2D eigenvalue weighted by Gasteiger charge is -2.32. The fourth-order valence-corrected chi connectivity index (χ4v) is 5.25. The molecule has 0 radical (unpaired) electrons. The van der Waals surface area contributed by atoms with E-state index in [-0.39, 0.29) is 28.7 Å². The van der Waals surface area contributed by atoms with Crippen molar-refractivity contribution in [2.45, 2.75) is 38.3 Å². The Kier molecular flexibility index (Phi) is 9.94. The number of sulfonamides is 1. The Morgan fingerprint density at radius 1 is 0.950 bits per heavy atom. The van der Waals surface area contributed by atoms with E-state index in [0.717, 1.165) is 16.4 Å². The number of nitro groups is 1. The van der Waals surface area contributed by atoms with E-state index in [0.29, 0.717) is 12.1 Å². The molecule has 12 heteroatoms. The van der Waals surface area contributed by atoms with Crippen LogP contribution in [-0.2, 0) is 26.2 Å². The highest BCUT2D eigenvalue weighted by atomic mass is 32.2. The van der Waals surface area contributed by atoms with E-state index >= 15 is 0 Å². The first-order valence-corrected chi connectivity index (χ1v) is 14.0. The number of nitro benzene ring substituents is 1. The molecule has 212 valence electrons. The van der Waals surface area contributed by atoms with Crippen LogP contribution >= 0.6 is 0 Å². The summed E-state index contributed by atoms with van der Waals surface area (Å²) in [4.78, 5) is 38.4. The molecular formula is C28H31FN4O6S. The van der Waals surface area contributed by atoms with Crippen LogP contribution in [0.25, 0.3) is 0 Å². The van der Waals surface area contributed by atoms with Crippen LogP contribution < -0.4 is 9.62 Å². The standard InChI is InChI=1S/C28H31FN4O6S/c1-20(2)17-30-28(35)21(3)31(18-22-9-11-23(29)12-10-22)27(34)19-32(24-13-15-25(16-14-24)33(36)37)40(38,39)26-7-5-4-6-8-26/h4-16,20-21H,17-19H2,1-3H3,(H,30,35). The third-order valence-corrected chi connectivity index (χ3v) is 7.86. The molecule has 0 heterocycles. The van der Waals surface area contributed by atoms with Gasteiger partial charge in [0.05, 0.1) is 15.5 Å². The number of halogens is 1. The zero-order valence-corrected chi connectivity index (χ0v) is 23.2. The lowest BCUT2D eigenvalue weighted by Crippen LogP contribution is -2.51. The molecular weight excluding hydrogens is 539 g/mol. The fourth-order valence-electron chi connectivity index (χ4n) is 3.81. The summed E-state index contributed by atoms with van der Waals surface area (Å²) in [5.74, 6) is -1.44. The van der Waals surface area contributed by atoms with E-state index in [1.54, 1.807) is 6.07 Å². The van der Waals surface area contributed by atoms with Gasteiger partial charge >= 0.3 is 0 Å². The number of benzene rings is 3. The lowest BCUT2D eigenvalue weighted by atomic mass is 10.1. The van der Waals surface area contributed by atoms with Crippen molar-refractivity contribution in [1.82, 2.24) is 10.2 Å². The third kappa shape index (κ3) is 7.63. The maximum absolute atomic E-state index is 13.8. The molecule has 2 amide bonds. The summed E-state index contributed by atoms with van der Waals surface area (Å²) in [6.45, 7) is 4.96. The summed E-state index contributed by atoms with van der Waals surface area (Å²) in [6.07, 6.45) is 0. The lowest BCUT2D eigenvalue weighted by molar-refractivity contribution is -0.384. The molecule has 1 unspecified atom stereocenters. The zero-order chi connectivity index (χ0) is 29.4. The van der Waals surface area contributed by atoms with Gasteiger partial charge in [0.15, 0.2) is 0 Å². The minimum absolute atomic E-state index is 0.0291. The van der Waals surface area contributed by atoms with Crippen LogP contribution in [0.15, 0.2) is 83.8 Å². The summed E-state index contributed by atoms with van der Waals surface area (Å²) in [5.41, 5.74) is 0.313. The van der Waals surface area contributed by atoms with Crippen LogP contribution in [0.1, 0.15) is 26.3 Å². The molecule has 1 N–H and O–H groups in total. The number of non-ortho nitro benzene ring substituents is 1. The average Bonchev–Trinajstić information content (AvgIpc) is 2.94. The largest absolute Gasteiger partial charge is 0.354 e. The van der Waals surface area contributed by atoms with Crippen molar-refractivity contribution in [3.05, 3.63) is 100 Å². The molecule has 0 aliphatic heterocycles. The van der Waals surface area contributed by atoms with E-state index in [1.165, 1.54) is 72.5 Å². The van der Waals surface area contributed by atoms with Crippen molar-refractivity contribution in [3.8, 4) is 0 Å². The molecule has 3 rings (SSSR count). The van der Waals surface area contributed by atoms with Crippen LogP contribution in [0.5, 0.6) is 0 Å².